The molecule has 2 aliphatic heterocycles. The molecule has 1 saturated heterocycles. The number of para-hydroxylation sites is 1. The van der Waals surface area contributed by atoms with E-state index in [2.05, 4.69) is 16.9 Å². The predicted octanol–water partition coefficient (Wildman–Crippen LogP) is 2.28. The average Bonchev–Trinajstić information content (AvgIpc) is 2.83. The van der Waals surface area contributed by atoms with Gasteiger partial charge in [-0.2, -0.15) is 0 Å². The molecular weight excluding hydrogens is 411 g/mol. The zero-order chi connectivity index (χ0) is 22.5. The first-order chi connectivity index (χ1) is 15.5. The molecule has 2 aromatic rings. The van der Waals surface area contributed by atoms with Crippen molar-refractivity contribution in [3.8, 4) is 0 Å². The maximum atomic E-state index is 13.1. The van der Waals surface area contributed by atoms with Crippen molar-refractivity contribution in [1.29, 1.82) is 0 Å². The number of halogens is 1. The Hall–Kier alpha value is -3.42. The molecule has 0 aliphatic carbocycles. The van der Waals surface area contributed by atoms with Crippen molar-refractivity contribution < 1.29 is 18.8 Å². The van der Waals surface area contributed by atoms with Crippen LogP contribution in [0.25, 0.3) is 0 Å². The summed E-state index contributed by atoms with van der Waals surface area (Å²) >= 11 is 0. The standard InChI is InChI=1S/C24H27FN4O3/c25-20-9-7-19(8-10-20)24(32)28-14-11-18(12-15-28)23(31)27-26-22(30)16-29-13-3-5-17-4-1-2-6-21(17)29/h1-2,4,6-10,18H,3,5,11-16H2,(H,26,30)(H,27,31). The first-order valence-corrected chi connectivity index (χ1v) is 11.0. The van der Waals surface area contributed by atoms with E-state index in [0.717, 1.165) is 25.1 Å². The van der Waals surface area contributed by atoms with E-state index in [4.69, 9.17) is 0 Å². The molecule has 1 fully saturated rings. The van der Waals surface area contributed by atoms with Gasteiger partial charge >= 0.3 is 0 Å². The summed E-state index contributed by atoms with van der Waals surface area (Å²) in [6.07, 6.45) is 3.02. The highest BCUT2D eigenvalue weighted by atomic mass is 19.1. The molecule has 0 bridgehead atoms. The molecule has 2 aromatic carbocycles. The second-order valence-electron chi connectivity index (χ2n) is 8.26. The molecule has 0 saturated carbocycles. The van der Waals surface area contributed by atoms with Crippen LogP contribution in [0.15, 0.2) is 48.5 Å². The van der Waals surface area contributed by atoms with Gasteiger partial charge in [-0.15, -0.1) is 0 Å². The molecule has 168 valence electrons. The fourth-order valence-electron chi connectivity index (χ4n) is 4.34. The number of anilines is 1. The maximum absolute atomic E-state index is 13.1. The molecule has 0 atom stereocenters. The molecule has 2 aliphatic rings. The minimum Gasteiger partial charge on any atom is -0.362 e. The largest absolute Gasteiger partial charge is 0.362 e. The lowest BCUT2D eigenvalue weighted by Gasteiger charge is -2.32. The molecule has 0 radical (unpaired) electrons. The Morgan fingerprint density at radius 1 is 0.938 bits per heavy atom. The number of aryl methyl sites for hydroxylation is 1. The smallest absolute Gasteiger partial charge is 0.257 e. The van der Waals surface area contributed by atoms with Gasteiger partial charge in [-0.1, -0.05) is 18.2 Å². The summed E-state index contributed by atoms with van der Waals surface area (Å²) in [5.41, 5.74) is 7.80. The number of fused-ring (bicyclic) bond motifs is 1. The fourth-order valence-corrected chi connectivity index (χ4v) is 4.34. The molecule has 0 aromatic heterocycles. The second kappa shape index (κ2) is 9.80. The van der Waals surface area contributed by atoms with Crippen LogP contribution in [0.3, 0.4) is 0 Å². The molecule has 2 N–H and O–H groups in total. The van der Waals surface area contributed by atoms with Crippen LogP contribution in [-0.2, 0) is 16.0 Å². The number of piperidine rings is 1. The Balaban J connectivity index is 1.22. The number of amides is 3. The third-order valence-electron chi connectivity index (χ3n) is 6.11. The Labute approximate surface area is 186 Å². The van der Waals surface area contributed by atoms with Crippen LogP contribution in [0.2, 0.25) is 0 Å². The van der Waals surface area contributed by atoms with Crippen molar-refractivity contribution in [2.24, 2.45) is 5.92 Å². The molecule has 32 heavy (non-hydrogen) atoms. The Morgan fingerprint density at radius 3 is 2.41 bits per heavy atom. The Bertz CT molecular complexity index is 987. The Morgan fingerprint density at radius 2 is 1.66 bits per heavy atom. The lowest BCUT2D eigenvalue weighted by molar-refractivity contribution is -0.131. The van der Waals surface area contributed by atoms with Crippen LogP contribution in [0.4, 0.5) is 10.1 Å². The fraction of sp³-hybridized carbons (Fsp3) is 0.375. The summed E-state index contributed by atoms with van der Waals surface area (Å²) in [4.78, 5) is 41.1. The van der Waals surface area contributed by atoms with E-state index in [0.29, 0.717) is 31.5 Å². The van der Waals surface area contributed by atoms with Gasteiger partial charge in [0.05, 0.1) is 6.54 Å². The van der Waals surface area contributed by atoms with Crippen LogP contribution >= 0.6 is 0 Å². The summed E-state index contributed by atoms with van der Waals surface area (Å²) in [5, 5.41) is 0. The average molecular weight is 439 g/mol. The maximum Gasteiger partial charge on any atom is 0.257 e. The number of benzene rings is 2. The van der Waals surface area contributed by atoms with Crippen molar-refractivity contribution in [1.82, 2.24) is 15.8 Å². The highest BCUT2D eigenvalue weighted by molar-refractivity contribution is 5.94. The number of rotatable bonds is 4. The van der Waals surface area contributed by atoms with Crippen molar-refractivity contribution >= 4 is 23.4 Å². The number of hydrazine groups is 1. The van der Waals surface area contributed by atoms with Gasteiger partial charge < -0.3 is 9.80 Å². The molecule has 7 nitrogen and oxygen atoms in total. The number of hydrogen-bond acceptors (Lipinski definition) is 4. The molecule has 0 spiro atoms. The van der Waals surface area contributed by atoms with Crippen molar-refractivity contribution in [2.45, 2.75) is 25.7 Å². The lowest BCUT2D eigenvalue weighted by atomic mass is 9.95. The third-order valence-corrected chi connectivity index (χ3v) is 6.11. The number of likely N-dealkylation sites (tertiary alicyclic amines) is 1. The zero-order valence-electron chi connectivity index (χ0n) is 17.9. The van der Waals surface area contributed by atoms with Crippen LogP contribution in [-0.4, -0.2) is 48.8 Å². The van der Waals surface area contributed by atoms with Gasteiger partial charge in [0, 0.05) is 36.8 Å². The van der Waals surface area contributed by atoms with E-state index < -0.39 is 0 Å². The van der Waals surface area contributed by atoms with E-state index in [1.807, 2.05) is 23.1 Å². The summed E-state index contributed by atoms with van der Waals surface area (Å²) in [7, 11) is 0. The summed E-state index contributed by atoms with van der Waals surface area (Å²) in [5.74, 6) is -1.34. The van der Waals surface area contributed by atoms with E-state index in [1.54, 1.807) is 4.90 Å². The van der Waals surface area contributed by atoms with E-state index in [1.165, 1.54) is 29.8 Å². The molecular formula is C24H27FN4O3. The van der Waals surface area contributed by atoms with Crippen LogP contribution in [0.1, 0.15) is 35.2 Å². The summed E-state index contributed by atoms with van der Waals surface area (Å²) < 4.78 is 13.1. The summed E-state index contributed by atoms with van der Waals surface area (Å²) in [6, 6.07) is 13.5. The molecule has 4 rings (SSSR count). The predicted molar refractivity (Wildman–Crippen MR) is 118 cm³/mol. The molecule has 2 heterocycles. The number of nitrogens with one attached hydrogen (secondary N) is 2. The highest BCUT2D eigenvalue weighted by Crippen LogP contribution is 2.26. The van der Waals surface area contributed by atoms with Crippen LogP contribution < -0.4 is 15.8 Å². The summed E-state index contributed by atoms with van der Waals surface area (Å²) in [6.45, 7) is 1.86. The minimum atomic E-state index is -0.386. The monoisotopic (exact) mass is 438 g/mol. The van der Waals surface area contributed by atoms with Gasteiger partial charge in [-0.3, -0.25) is 25.2 Å². The van der Waals surface area contributed by atoms with Gasteiger partial charge in [0.15, 0.2) is 0 Å². The first-order valence-electron chi connectivity index (χ1n) is 11.0. The second-order valence-corrected chi connectivity index (χ2v) is 8.26. The lowest BCUT2D eigenvalue weighted by Crippen LogP contribution is -2.50. The first kappa shape index (κ1) is 21.8. The van der Waals surface area contributed by atoms with E-state index in [9.17, 15) is 18.8 Å². The number of carbonyl (C=O) groups is 3. The highest BCUT2D eigenvalue weighted by Gasteiger charge is 2.28. The van der Waals surface area contributed by atoms with Crippen molar-refractivity contribution in [3.05, 3.63) is 65.5 Å². The van der Waals surface area contributed by atoms with E-state index in [-0.39, 0.29) is 36.0 Å². The molecule has 3 amide bonds. The van der Waals surface area contributed by atoms with Crippen LogP contribution in [0, 0.1) is 11.7 Å². The van der Waals surface area contributed by atoms with Crippen molar-refractivity contribution in [3.63, 3.8) is 0 Å². The minimum absolute atomic E-state index is 0.168. The number of nitrogens with zero attached hydrogens (tertiary/aromatic N) is 2. The Kier molecular flexibility index (Phi) is 6.68. The topological polar surface area (TPSA) is 81.8 Å². The van der Waals surface area contributed by atoms with Gasteiger partial charge in [-0.05, 0) is 61.6 Å². The van der Waals surface area contributed by atoms with Gasteiger partial charge in [-0.25, -0.2) is 4.39 Å². The molecule has 0 unspecified atom stereocenters. The molecule has 8 heteroatoms. The SMILES string of the molecule is O=C(CN1CCCc2ccccc21)NNC(=O)C1CCN(C(=O)c2ccc(F)cc2)CC1. The van der Waals surface area contributed by atoms with Crippen molar-refractivity contribution in [2.75, 3.05) is 31.1 Å². The third kappa shape index (κ3) is 5.07. The quantitative estimate of drug-likeness (QED) is 0.718. The number of carbonyl (C=O) groups excluding carboxylic acids is 3. The number of hydrogen-bond donors (Lipinski definition) is 2. The normalized spacial score (nSPS) is 16.3. The van der Waals surface area contributed by atoms with Gasteiger partial charge in [0.1, 0.15) is 5.82 Å². The van der Waals surface area contributed by atoms with Gasteiger partial charge in [0.25, 0.3) is 11.8 Å². The van der Waals surface area contributed by atoms with Crippen LogP contribution in [0.5, 0.6) is 0 Å². The zero-order valence-corrected chi connectivity index (χ0v) is 17.9. The van der Waals surface area contributed by atoms with Gasteiger partial charge in [0.2, 0.25) is 5.91 Å². The van der Waals surface area contributed by atoms with E-state index >= 15 is 0 Å².